The summed E-state index contributed by atoms with van der Waals surface area (Å²) >= 11 is -3.48. The van der Waals surface area contributed by atoms with Gasteiger partial charge in [0.2, 0.25) is 0 Å². The van der Waals surface area contributed by atoms with Crippen LogP contribution in [0.1, 0.15) is 18.5 Å². The van der Waals surface area contributed by atoms with Gasteiger partial charge in [-0.25, -0.2) is 0 Å². The maximum atomic E-state index is 15.7. The fraction of sp³-hybridized carbons (Fsp3) is 0.200. The van der Waals surface area contributed by atoms with Crippen LogP contribution in [0.2, 0.25) is 0 Å². The maximum absolute atomic E-state index is 15.7. The van der Waals surface area contributed by atoms with Gasteiger partial charge in [-0.1, -0.05) is 0 Å². The third-order valence-corrected chi connectivity index (χ3v) is 10.7. The van der Waals surface area contributed by atoms with Crippen molar-refractivity contribution in [1.29, 1.82) is 0 Å². The Morgan fingerprint density at radius 2 is 1.43 bits per heavy atom. The van der Waals surface area contributed by atoms with E-state index >= 15 is 2.63 Å². The molecule has 0 amide bonds. The zero-order valence-corrected chi connectivity index (χ0v) is 17.2. The van der Waals surface area contributed by atoms with Crippen LogP contribution in [0.15, 0.2) is 66.7 Å². The molecule has 3 rings (SSSR count). The van der Waals surface area contributed by atoms with Crippen molar-refractivity contribution in [1.82, 2.24) is 4.90 Å². The van der Waals surface area contributed by atoms with Gasteiger partial charge in [0.25, 0.3) is 0 Å². The molecule has 0 saturated carbocycles. The van der Waals surface area contributed by atoms with Crippen LogP contribution in [0, 0.1) is 0 Å². The third-order valence-electron chi connectivity index (χ3n) is 4.35. The molecule has 1 nitrogen and oxygen atoms in total. The molecule has 0 fully saturated rings. The Morgan fingerprint density at radius 3 is 2.22 bits per heavy atom. The van der Waals surface area contributed by atoms with Gasteiger partial charge in [0.15, 0.2) is 0 Å². The number of hydrogen-bond donors (Lipinski definition) is 0. The van der Waals surface area contributed by atoms with Crippen molar-refractivity contribution in [3.8, 4) is 0 Å². The van der Waals surface area contributed by atoms with E-state index < -0.39 is 22.4 Å². The van der Waals surface area contributed by atoms with Crippen molar-refractivity contribution in [3.05, 3.63) is 72.3 Å². The summed E-state index contributed by atoms with van der Waals surface area (Å²) in [7, 11) is 4.09. The van der Waals surface area contributed by atoms with Crippen LogP contribution < -0.4 is 6.54 Å². The van der Waals surface area contributed by atoms with Crippen LogP contribution in [-0.4, -0.2) is 41.4 Å². The Balaban J connectivity index is 2.12. The number of rotatable bonds is 4. The van der Waals surface area contributed by atoms with Gasteiger partial charge in [0.1, 0.15) is 0 Å². The van der Waals surface area contributed by atoms with Crippen molar-refractivity contribution in [3.63, 3.8) is 0 Å². The summed E-state index contributed by atoms with van der Waals surface area (Å²) in [6, 6.07) is 22.4. The minimum atomic E-state index is -3.48. The Bertz CT molecular complexity index is 810. The van der Waals surface area contributed by atoms with E-state index in [1.54, 1.807) is 0 Å². The quantitative estimate of drug-likeness (QED) is 0.493. The van der Waals surface area contributed by atoms with Gasteiger partial charge in [-0.05, 0) is 0 Å². The molecule has 0 bridgehead atoms. The van der Waals surface area contributed by atoms with Gasteiger partial charge in [-0.2, -0.15) is 0 Å². The topological polar surface area (TPSA) is 3.24 Å². The Labute approximate surface area is 146 Å². The van der Waals surface area contributed by atoms with E-state index in [4.69, 9.17) is 0 Å². The van der Waals surface area contributed by atoms with Crippen LogP contribution in [0.4, 0.5) is 2.63 Å². The van der Waals surface area contributed by atoms with Gasteiger partial charge >= 0.3 is 147 Å². The molecule has 0 heterocycles. The molecule has 3 aromatic carbocycles. The van der Waals surface area contributed by atoms with Gasteiger partial charge < -0.3 is 0 Å². The van der Waals surface area contributed by atoms with Crippen LogP contribution in [0.3, 0.4) is 0 Å². The fourth-order valence-corrected chi connectivity index (χ4v) is 9.01. The zero-order valence-electron chi connectivity index (χ0n) is 13.7. The molecule has 23 heavy (non-hydrogen) atoms. The summed E-state index contributed by atoms with van der Waals surface area (Å²) in [6.45, 7) is 2.14. The van der Waals surface area contributed by atoms with Gasteiger partial charge in [0.05, 0.1) is 0 Å². The number of fused-ring (bicyclic) bond motifs is 1. The SMILES string of the molecule is C[C@H](c1cccc[c]1[Bi]([F])[c]1cccc2ccccc12)N(C)C. The molecular weight excluding hydrogens is 482 g/mol. The van der Waals surface area contributed by atoms with Crippen LogP contribution >= 0.6 is 0 Å². The van der Waals surface area contributed by atoms with Crippen molar-refractivity contribution < 1.29 is 2.63 Å². The van der Waals surface area contributed by atoms with E-state index in [-0.39, 0.29) is 6.04 Å². The number of benzene rings is 3. The fourth-order valence-electron chi connectivity index (χ4n) is 2.81. The second-order valence-electron chi connectivity index (χ2n) is 5.98. The summed E-state index contributed by atoms with van der Waals surface area (Å²) in [5.41, 5.74) is 1.13. The Kier molecular flexibility index (Phi) is 5.09. The minimum absolute atomic E-state index is 0.217. The summed E-state index contributed by atoms with van der Waals surface area (Å²) < 4.78 is 17.6. The first-order chi connectivity index (χ1) is 11.1. The van der Waals surface area contributed by atoms with E-state index in [1.165, 1.54) is 0 Å². The normalized spacial score (nSPS) is 13.0. The first-order valence-corrected chi connectivity index (χ1v) is 12.6. The molecule has 0 radical (unpaired) electrons. The average Bonchev–Trinajstić information content (AvgIpc) is 2.60. The van der Waals surface area contributed by atoms with E-state index in [2.05, 4.69) is 30.0 Å². The van der Waals surface area contributed by atoms with Gasteiger partial charge in [-0.3, -0.25) is 0 Å². The summed E-state index contributed by atoms with van der Waals surface area (Å²) in [4.78, 5) is 2.14. The Morgan fingerprint density at radius 1 is 0.826 bits per heavy atom. The standard InChI is InChI=1S/C10H14N.C10H7.Bi.FH/c1-9(11(2)3)10-7-5-4-6-8-10;1-2-6-10-8-4-3-7-9(10)5-1;;/h4-7,9H,1-3H3;1-7H;;1H/q;;+1;/p-1/t9-;;;/m1.../s1. The molecule has 0 unspecified atom stereocenters. The molecule has 0 spiro atoms. The van der Waals surface area contributed by atoms with E-state index in [0.717, 1.165) is 22.9 Å². The average molecular weight is 503 g/mol. The summed E-state index contributed by atoms with van der Waals surface area (Å²) in [5, 5.41) is 2.20. The predicted molar refractivity (Wildman–Crippen MR) is 98.6 cm³/mol. The summed E-state index contributed by atoms with van der Waals surface area (Å²) in [5.74, 6) is 0. The molecule has 0 N–H and O–H groups in total. The second kappa shape index (κ2) is 7.07. The molecule has 0 aliphatic carbocycles. The van der Waals surface area contributed by atoms with Gasteiger partial charge in [0, 0.05) is 0 Å². The molecule has 3 heteroatoms. The molecule has 0 aliphatic rings. The molecule has 0 aromatic heterocycles. The van der Waals surface area contributed by atoms with Crippen molar-refractivity contribution in [2.45, 2.75) is 13.0 Å². The van der Waals surface area contributed by atoms with Crippen LogP contribution in [0.25, 0.3) is 10.8 Å². The first kappa shape index (κ1) is 16.5. The van der Waals surface area contributed by atoms with Gasteiger partial charge in [-0.15, -0.1) is 0 Å². The van der Waals surface area contributed by atoms with Crippen molar-refractivity contribution in [2.75, 3.05) is 14.1 Å². The van der Waals surface area contributed by atoms with E-state index in [9.17, 15) is 0 Å². The van der Waals surface area contributed by atoms with Crippen molar-refractivity contribution >= 4 is 39.7 Å². The number of hydrogen-bond acceptors (Lipinski definition) is 1. The molecule has 0 aliphatic heterocycles. The second-order valence-corrected chi connectivity index (χ2v) is 11.9. The van der Waals surface area contributed by atoms with E-state index in [1.807, 2.05) is 62.6 Å². The molecule has 3 aromatic rings. The Hall–Kier alpha value is -1.31. The molecule has 1 atom stereocenters. The molecule has 118 valence electrons. The van der Waals surface area contributed by atoms with Crippen molar-refractivity contribution in [2.24, 2.45) is 0 Å². The third kappa shape index (κ3) is 3.32. The molecule has 0 saturated heterocycles. The van der Waals surface area contributed by atoms with E-state index in [0.29, 0.717) is 0 Å². The number of nitrogens with zero attached hydrogens (tertiary/aromatic N) is 1. The van der Waals surface area contributed by atoms with Crippen LogP contribution in [-0.2, 0) is 0 Å². The first-order valence-electron chi connectivity index (χ1n) is 7.78. The zero-order chi connectivity index (χ0) is 16.4. The van der Waals surface area contributed by atoms with Crippen LogP contribution in [0.5, 0.6) is 0 Å². The number of halogens is 1. The molecular formula is C20H21BiFN. The predicted octanol–water partition coefficient (Wildman–Crippen LogP) is 3.54. The monoisotopic (exact) mass is 503 g/mol. The summed E-state index contributed by atoms with van der Waals surface area (Å²) in [6.07, 6.45) is 0.